The van der Waals surface area contributed by atoms with Gasteiger partial charge < -0.3 is 10.1 Å². The summed E-state index contributed by atoms with van der Waals surface area (Å²) in [4.78, 5) is 12.0. The third kappa shape index (κ3) is 6.18. The first-order valence-electron chi connectivity index (χ1n) is 7.84. The van der Waals surface area contributed by atoms with Crippen LogP contribution in [-0.4, -0.2) is 23.9 Å². The molecule has 1 saturated heterocycles. The lowest BCUT2D eigenvalue weighted by atomic mass is 10.0. The molecule has 116 valence electrons. The largest absolute Gasteiger partial charge is 0.378 e. The molecule has 0 aliphatic carbocycles. The second-order valence-electron chi connectivity index (χ2n) is 5.57. The number of hydrogen-bond donors (Lipinski definition) is 1. The number of benzene rings is 1. The normalized spacial score (nSPS) is 18.4. The van der Waals surface area contributed by atoms with Gasteiger partial charge in [0.2, 0.25) is 5.91 Å². The quantitative estimate of drug-likeness (QED) is 0.742. The lowest BCUT2D eigenvalue weighted by molar-refractivity contribution is -0.117. The maximum atomic E-state index is 12.0. The van der Waals surface area contributed by atoms with Crippen LogP contribution in [0.3, 0.4) is 0 Å². The summed E-state index contributed by atoms with van der Waals surface area (Å²) in [6, 6.07) is 8.13. The minimum absolute atomic E-state index is 0.0850. The number of nitrogens with one attached hydrogen (secondary N) is 1. The van der Waals surface area contributed by atoms with E-state index >= 15 is 0 Å². The third-order valence-corrected chi connectivity index (χ3v) is 4.34. The van der Waals surface area contributed by atoms with Crippen LogP contribution in [-0.2, 0) is 16.0 Å². The van der Waals surface area contributed by atoms with E-state index in [1.807, 2.05) is 12.1 Å². The first kappa shape index (κ1) is 16.5. The van der Waals surface area contributed by atoms with Crippen LogP contribution in [0.15, 0.2) is 24.3 Å². The van der Waals surface area contributed by atoms with Crippen LogP contribution in [0.2, 0.25) is 0 Å². The van der Waals surface area contributed by atoms with Crippen molar-refractivity contribution >= 4 is 27.5 Å². The van der Waals surface area contributed by atoms with Gasteiger partial charge in [0, 0.05) is 24.0 Å². The second-order valence-corrected chi connectivity index (χ2v) is 6.36. The Morgan fingerprint density at radius 1 is 1.38 bits per heavy atom. The van der Waals surface area contributed by atoms with Crippen LogP contribution in [0.5, 0.6) is 0 Å². The van der Waals surface area contributed by atoms with Gasteiger partial charge in [0.05, 0.1) is 6.10 Å². The van der Waals surface area contributed by atoms with E-state index in [0.717, 1.165) is 49.7 Å². The molecule has 1 amide bonds. The highest BCUT2D eigenvalue weighted by atomic mass is 79.9. The molecule has 1 atom stereocenters. The number of rotatable bonds is 7. The number of ether oxygens (including phenoxy) is 1. The first-order valence-corrected chi connectivity index (χ1v) is 8.96. The Morgan fingerprint density at radius 3 is 3.05 bits per heavy atom. The van der Waals surface area contributed by atoms with Gasteiger partial charge in [0.15, 0.2) is 0 Å². The highest BCUT2D eigenvalue weighted by molar-refractivity contribution is 9.09. The maximum Gasteiger partial charge on any atom is 0.224 e. The Kier molecular flexibility index (Phi) is 7.24. The topological polar surface area (TPSA) is 38.3 Å². The summed E-state index contributed by atoms with van der Waals surface area (Å²) in [5.74, 6) is 0.0850. The van der Waals surface area contributed by atoms with Crippen molar-refractivity contribution in [2.45, 2.75) is 51.0 Å². The van der Waals surface area contributed by atoms with E-state index in [1.165, 1.54) is 12.0 Å². The van der Waals surface area contributed by atoms with Gasteiger partial charge in [-0.05, 0) is 56.2 Å². The van der Waals surface area contributed by atoms with Gasteiger partial charge in [-0.1, -0.05) is 28.1 Å². The summed E-state index contributed by atoms with van der Waals surface area (Å²) in [5.41, 5.74) is 2.17. The molecule has 0 radical (unpaired) electrons. The monoisotopic (exact) mass is 353 g/mol. The zero-order valence-corrected chi connectivity index (χ0v) is 14.0. The molecule has 0 bridgehead atoms. The van der Waals surface area contributed by atoms with Gasteiger partial charge in [-0.3, -0.25) is 4.79 Å². The average Bonchev–Trinajstić information content (AvgIpc) is 2.52. The number of carbonyl (C=O) groups excluding carboxylic acids is 1. The molecule has 0 spiro atoms. The molecule has 1 aromatic carbocycles. The SMILES string of the molecule is O=C(CCC1CCCCO1)Nc1cccc(CCCBr)c1. The average molecular weight is 354 g/mol. The zero-order chi connectivity index (χ0) is 14.9. The van der Waals surface area contributed by atoms with Crippen LogP contribution in [0, 0.1) is 0 Å². The molecule has 1 heterocycles. The number of halogens is 1. The molecule has 21 heavy (non-hydrogen) atoms. The van der Waals surface area contributed by atoms with Crippen LogP contribution in [0.4, 0.5) is 5.69 Å². The van der Waals surface area contributed by atoms with Gasteiger partial charge in [-0.2, -0.15) is 0 Å². The van der Waals surface area contributed by atoms with Gasteiger partial charge in [0.1, 0.15) is 0 Å². The Balaban J connectivity index is 1.76. The fraction of sp³-hybridized carbons (Fsp3) is 0.588. The fourth-order valence-corrected chi connectivity index (χ4v) is 2.91. The number of amides is 1. The van der Waals surface area contributed by atoms with Gasteiger partial charge in [-0.15, -0.1) is 0 Å². The number of alkyl halides is 1. The Labute approximate surface area is 135 Å². The minimum Gasteiger partial charge on any atom is -0.378 e. The summed E-state index contributed by atoms with van der Waals surface area (Å²) >= 11 is 3.44. The Hall–Kier alpha value is -0.870. The molecule has 1 unspecified atom stereocenters. The number of anilines is 1. The zero-order valence-electron chi connectivity index (χ0n) is 12.4. The van der Waals surface area contributed by atoms with Crippen molar-refractivity contribution in [3.63, 3.8) is 0 Å². The lowest BCUT2D eigenvalue weighted by Gasteiger charge is -2.22. The summed E-state index contributed by atoms with van der Waals surface area (Å²) in [5, 5.41) is 4.00. The summed E-state index contributed by atoms with van der Waals surface area (Å²) in [7, 11) is 0. The van der Waals surface area contributed by atoms with E-state index in [0.29, 0.717) is 6.42 Å². The Morgan fingerprint density at radius 2 is 2.29 bits per heavy atom. The molecular weight excluding hydrogens is 330 g/mol. The predicted molar refractivity (Wildman–Crippen MR) is 90.0 cm³/mol. The standard InChI is InChI=1S/C17H24BrNO2/c18-11-4-6-14-5-3-7-15(13-14)19-17(20)10-9-16-8-1-2-12-21-16/h3,5,7,13,16H,1-2,4,6,8-12H2,(H,19,20). The highest BCUT2D eigenvalue weighted by Crippen LogP contribution is 2.18. The van der Waals surface area contributed by atoms with E-state index in [2.05, 4.69) is 33.4 Å². The van der Waals surface area contributed by atoms with Crippen LogP contribution < -0.4 is 5.32 Å². The molecule has 0 saturated carbocycles. The van der Waals surface area contributed by atoms with Gasteiger partial charge in [-0.25, -0.2) is 0 Å². The molecule has 1 aliphatic rings. The van der Waals surface area contributed by atoms with Crippen molar-refractivity contribution in [1.29, 1.82) is 0 Å². The van der Waals surface area contributed by atoms with Gasteiger partial charge >= 0.3 is 0 Å². The van der Waals surface area contributed by atoms with Crippen LogP contribution >= 0.6 is 15.9 Å². The van der Waals surface area contributed by atoms with E-state index in [4.69, 9.17) is 4.74 Å². The molecule has 2 rings (SSSR count). The molecule has 1 aliphatic heterocycles. The smallest absolute Gasteiger partial charge is 0.224 e. The van der Waals surface area contributed by atoms with Crippen molar-refractivity contribution in [2.75, 3.05) is 17.3 Å². The minimum atomic E-state index is 0.0850. The van der Waals surface area contributed by atoms with E-state index < -0.39 is 0 Å². The maximum absolute atomic E-state index is 12.0. The van der Waals surface area contributed by atoms with Crippen molar-refractivity contribution in [3.8, 4) is 0 Å². The van der Waals surface area contributed by atoms with E-state index in [9.17, 15) is 4.79 Å². The molecule has 1 aromatic rings. The molecular formula is C17H24BrNO2. The van der Waals surface area contributed by atoms with E-state index in [-0.39, 0.29) is 12.0 Å². The molecule has 3 nitrogen and oxygen atoms in total. The van der Waals surface area contributed by atoms with Crippen molar-refractivity contribution in [3.05, 3.63) is 29.8 Å². The van der Waals surface area contributed by atoms with Crippen molar-refractivity contribution in [1.82, 2.24) is 0 Å². The van der Waals surface area contributed by atoms with Crippen molar-refractivity contribution < 1.29 is 9.53 Å². The second kappa shape index (κ2) is 9.21. The van der Waals surface area contributed by atoms with Crippen LogP contribution in [0.1, 0.15) is 44.1 Å². The van der Waals surface area contributed by atoms with Crippen LogP contribution in [0.25, 0.3) is 0 Å². The number of aryl methyl sites for hydroxylation is 1. The summed E-state index contributed by atoms with van der Waals surface area (Å²) < 4.78 is 5.66. The molecule has 1 fully saturated rings. The Bertz CT molecular complexity index is 444. The highest BCUT2D eigenvalue weighted by Gasteiger charge is 2.15. The number of carbonyl (C=O) groups is 1. The summed E-state index contributed by atoms with van der Waals surface area (Å²) in [6.45, 7) is 0.849. The predicted octanol–water partition coefficient (Wildman–Crippen LogP) is 4.30. The molecule has 1 N–H and O–H groups in total. The fourth-order valence-electron chi connectivity index (χ4n) is 2.63. The third-order valence-electron chi connectivity index (χ3n) is 3.78. The first-order chi connectivity index (χ1) is 10.3. The van der Waals surface area contributed by atoms with E-state index in [1.54, 1.807) is 0 Å². The van der Waals surface area contributed by atoms with Gasteiger partial charge in [0.25, 0.3) is 0 Å². The summed E-state index contributed by atoms with van der Waals surface area (Å²) in [6.07, 6.45) is 7.25. The number of hydrogen-bond acceptors (Lipinski definition) is 2. The van der Waals surface area contributed by atoms with Crippen molar-refractivity contribution in [2.24, 2.45) is 0 Å². The lowest BCUT2D eigenvalue weighted by Crippen LogP contribution is -2.21. The molecule has 0 aromatic heterocycles. The molecule has 4 heteroatoms.